The summed E-state index contributed by atoms with van der Waals surface area (Å²) < 4.78 is 9.21. The molecule has 4 heteroatoms. The first-order valence-corrected chi connectivity index (χ1v) is 24.9. The molecule has 3 atom stereocenters. The zero-order chi connectivity index (χ0) is 45.3. The summed E-state index contributed by atoms with van der Waals surface area (Å²) in [7, 11) is 0. The van der Waals surface area contributed by atoms with Gasteiger partial charge in [-0.25, -0.2) is 0 Å². The number of furan rings is 1. The summed E-state index contributed by atoms with van der Waals surface area (Å²) in [5, 5.41) is 10.2. The van der Waals surface area contributed by atoms with Gasteiger partial charge in [-0.2, -0.15) is 0 Å². The van der Waals surface area contributed by atoms with E-state index in [1.807, 2.05) is 17.4 Å². The molecular formula is C64H50N2OS. The van der Waals surface area contributed by atoms with Crippen LogP contribution >= 0.6 is 11.3 Å². The van der Waals surface area contributed by atoms with Gasteiger partial charge >= 0.3 is 0 Å². The molecule has 9 aromatic carbocycles. The fourth-order valence-electron chi connectivity index (χ4n) is 11.0. The second-order valence-electron chi connectivity index (χ2n) is 18.9. The van der Waals surface area contributed by atoms with E-state index < -0.39 is 0 Å². The molecule has 2 aliphatic rings. The zero-order valence-corrected chi connectivity index (χ0v) is 39.1. The molecule has 3 nitrogen and oxygen atoms in total. The Balaban J connectivity index is 0.836. The van der Waals surface area contributed by atoms with Crippen molar-refractivity contribution in [3.63, 3.8) is 0 Å². The average molecular weight is 895 g/mol. The summed E-state index contributed by atoms with van der Waals surface area (Å²) in [6.07, 6.45) is 14.4. The van der Waals surface area contributed by atoms with E-state index in [0.29, 0.717) is 11.8 Å². The van der Waals surface area contributed by atoms with Crippen molar-refractivity contribution in [3.8, 4) is 22.3 Å². The minimum absolute atomic E-state index is 0.167. The van der Waals surface area contributed by atoms with Crippen LogP contribution in [0.4, 0.5) is 22.7 Å². The van der Waals surface area contributed by atoms with Gasteiger partial charge in [-0.1, -0.05) is 172 Å². The van der Waals surface area contributed by atoms with Crippen molar-refractivity contribution in [1.82, 2.24) is 0 Å². The van der Waals surface area contributed by atoms with Crippen molar-refractivity contribution in [2.24, 2.45) is 11.8 Å². The van der Waals surface area contributed by atoms with Crippen LogP contribution in [0.1, 0.15) is 33.1 Å². The largest absolute Gasteiger partial charge is 0.454 e. The fourth-order valence-corrected chi connectivity index (χ4v) is 12.3. The van der Waals surface area contributed by atoms with E-state index in [1.54, 1.807) is 0 Å². The Morgan fingerprint density at radius 2 is 1.18 bits per heavy atom. The van der Waals surface area contributed by atoms with Crippen LogP contribution in [-0.2, 0) is 0 Å². The minimum atomic E-state index is 0.167. The number of hydrogen-bond acceptors (Lipinski definition) is 4. The average Bonchev–Trinajstić information content (AvgIpc) is 3.98. The lowest BCUT2D eigenvalue weighted by atomic mass is 9.83. The maximum atomic E-state index is 6.55. The van der Waals surface area contributed by atoms with Crippen LogP contribution in [-0.4, -0.2) is 6.04 Å². The number of allylic oxidation sites excluding steroid dienone is 4. The first kappa shape index (κ1) is 40.6. The predicted molar refractivity (Wildman–Crippen MR) is 292 cm³/mol. The molecular weight excluding hydrogens is 845 g/mol. The van der Waals surface area contributed by atoms with Gasteiger partial charge in [0.2, 0.25) is 0 Å². The van der Waals surface area contributed by atoms with Crippen molar-refractivity contribution >= 4 is 97.7 Å². The van der Waals surface area contributed by atoms with Gasteiger partial charge in [-0.3, -0.25) is 0 Å². The molecule has 0 fully saturated rings. The Kier molecular flexibility index (Phi) is 9.90. The number of hydrogen-bond donors (Lipinski definition) is 0. The van der Waals surface area contributed by atoms with Gasteiger partial charge in [-0.05, 0) is 124 Å². The molecule has 0 saturated carbocycles. The normalized spacial score (nSPS) is 17.2. The molecule has 2 heterocycles. The van der Waals surface area contributed by atoms with Crippen LogP contribution in [0.15, 0.2) is 222 Å². The molecule has 0 N–H and O–H groups in total. The molecule has 0 radical (unpaired) electrons. The summed E-state index contributed by atoms with van der Waals surface area (Å²) in [6, 6.07) is 67.3. The standard InChI is InChI=1S/C64H50N2OS/c1-41-24-32-50(38-42(41)2)65(47-14-5-3-6-15-47)51-35-37-56-58(40-51)52-18-9-10-20-54(52)62-57-36-31-46(39-61(57)68-64(56)62)45-27-25-43(26-28-45)44-29-33-49(34-30-44)66(48-16-7-4-8-17-48)59-22-13-21-55-53-19-11-12-23-60(53)67-63(55)59/h3-16,18-23,25-37,39-42,48H,17,24,38H2,1-2H3. The molecule has 2 aromatic heterocycles. The monoisotopic (exact) mass is 894 g/mol. The van der Waals surface area contributed by atoms with Gasteiger partial charge in [0.15, 0.2) is 5.58 Å². The third-order valence-corrected chi connectivity index (χ3v) is 16.0. The Bertz CT molecular complexity index is 3820. The Morgan fingerprint density at radius 3 is 1.96 bits per heavy atom. The maximum absolute atomic E-state index is 6.55. The number of thiophene rings is 1. The third kappa shape index (κ3) is 6.85. The van der Waals surface area contributed by atoms with Gasteiger partial charge in [0.05, 0.1) is 11.7 Å². The molecule has 0 spiro atoms. The van der Waals surface area contributed by atoms with Crippen LogP contribution in [0.2, 0.25) is 0 Å². The number of fused-ring (bicyclic) bond motifs is 11. The van der Waals surface area contributed by atoms with E-state index in [0.717, 1.165) is 52.6 Å². The first-order chi connectivity index (χ1) is 33.5. The molecule has 0 saturated heterocycles. The van der Waals surface area contributed by atoms with Crippen molar-refractivity contribution in [3.05, 3.63) is 218 Å². The lowest BCUT2D eigenvalue weighted by Crippen LogP contribution is -2.29. The first-order valence-electron chi connectivity index (χ1n) is 24.1. The van der Waals surface area contributed by atoms with Gasteiger partial charge in [0.25, 0.3) is 0 Å². The van der Waals surface area contributed by atoms with Gasteiger partial charge in [-0.15, -0.1) is 11.3 Å². The number of para-hydroxylation sites is 3. The fraction of sp³-hybridized carbons (Fsp3) is 0.125. The molecule has 3 unspecified atom stereocenters. The maximum Gasteiger partial charge on any atom is 0.159 e. The predicted octanol–water partition coefficient (Wildman–Crippen LogP) is 18.7. The number of benzene rings is 9. The van der Waals surface area contributed by atoms with E-state index in [-0.39, 0.29) is 6.04 Å². The van der Waals surface area contributed by atoms with Gasteiger partial charge in [0, 0.05) is 59.1 Å². The minimum Gasteiger partial charge on any atom is -0.454 e. The van der Waals surface area contributed by atoms with Crippen LogP contribution in [0.3, 0.4) is 0 Å². The van der Waals surface area contributed by atoms with Crippen molar-refractivity contribution in [1.29, 1.82) is 0 Å². The number of rotatable bonds is 8. The Morgan fingerprint density at radius 1 is 0.500 bits per heavy atom. The lowest BCUT2D eigenvalue weighted by molar-refractivity contribution is 0.367. The van der Waals surface area contributed by atoms with Crippen LogP contribution in [0.25, 0.3) is 85.9 Å². The van der Waals surface area contributed by atoms with E-state index in [4.69, 9.17) is 4.42 Å². The molecule has 2 aliphatic carbocycles. The summed E-state index contributed by atoms with van der Waals surface area (Å²) >= 11 is 1.92. The van der Waals surface area contributed by atoms with E-state index in [2.05, 4.69) is 230 Å². The highest BCUT2D eigenvalue weighted by Crippen LogP contribution is 2.48. The van der Waals surface area contributed by atoms with Crippen LogP contribution < -0.4 is 9.80 Å². The van der Waals surface area contributed by atoms with E-state index in [1.165, 1.54) is 81.0 Å². The molecule has 0 aliphatic heterocycles. The second-order valence-corrected chi connectivity index (χ2v) is 20.0. The Hall–Kier alpha value is -7.66. The van der Waals surface area contributed by atoms with Crippen molar-refractivity contribution in [2.45, 2.75) is 39.2 Å². The summed E-state index contributed by atoms with van der Waals surface area (Å²) in [6.45, 7) is 4.79. The summed E-state index contributed by atoms with van der Waals surface area (Å²) in [4.78, 5) is 4.94. The van der Waals surface area contributed by atoms with E-state index >= 15 is 0 Å². The highest BCUT2D eigenvalue weighted by Gasteiger charge is 2.26. The van der Waals surface area contributed by atoms with Crippen molar-refractivity contribution < 1.29 is 4.42 Å². The second kappa shape index (κ2) is 16.6. The summed E-state index contributed by atoms with van der Waals surface area (Å²) in [5.41, 5.74) is 12.7. The third-order valence-electron chi connectivity index (χ3n) is 14.8. The highest BCUT2D eigenvalue weighted by molar-refractivity contribution is 7.27. The molecule has 0 bridgehead atoms. The smallest absolute Gasteiger partial charge is 0.159 e. The van der Waals surface area contributed by atoms with Gasteiger partial charge in [0.1, 0.15) is 5.58 Å². The Labute approximate surface area is 401 Å². The zero-order valence-electron chi connectivity index (χ0n) is 38.3. The van der Waals surface area contributed by atoms with Crippen LogP contribution in [0.5, 0.6) is 0 Å². The van der Waals surface area contributed by atoms with Crippen molar-refractivity contribution in [2.75, 3.05) is 9.80 Å². The van der Waals surface area contributed by atoms with E-state index in [9.17, 15) is 0 Å². The molecule has 11 aromatic rings. The molecule has 328 valence electrons. The molecule has 68 heavy (non-hydrogen) atoms. The SMILES string of the molecule is CC1CC=C(N(c2ccccc2)c2ccc3c(c2)c2ccccc2c2c4ccc(-c5ccc(-c6ccc(N(c7cccc8c7oc7ccccc78)C7C=CC=CC7)cc6)cc5)cc4sc32)CC1C. The van der Waals surface area contributed by atoms with Gasteiger partial charge < -0.3 is 14.2 Å². The number of anilines is 4. The lowest BCUT2D eigenvalue weighted by Gasteiger charge is -2.34. The van der Waals surface area contributed by atoms with Crippen LogP contribution in [0, 0.1) is 11.8 Å². The number of nitrogens with zero attached hydrogens (tertiary/aromatic N) is 2. The summed E-state index contributed by atoms with van der Waals surface area (Å²) in [5.74, 6) is 1.33. The molecule has 0 amide bonds. The molecule has 13 rings (SSSR count). The highest BCUT2D eigenvalue weighted by atomic mass is 32.1. The quantitative estimate of drug-likeness (QED) is 0.142. The topological polar surface area (TPSA) is 19.6 Å².